The molecule has 1 aliphatic heterocycles. The van der Waals surface area contributed by atoms with Crippen LogP contribution in [-0.4, -0.2) is 36.6 Å². The first-order valence-electron chi connectivity index (χ1n) is 7.48. The van der Waals surface area contributed by atoms with Crippen molar-refractivity contribution in [1.29, 1.82) is 0 Å². The fourth-order valence-electron chi connectivity index (χ4n) is 3.08. The van der Waals surface area contributed by atoms with Crippen molar-refractivity contribution in [2.75, 3.05) is 26.2 Å². The number of rotatable bonds is 3. The van der Waals surface area contributed by atoms with Gasteiger partial charge < -0.3 is 5.32 Å². The summed E-state index contributed by atoms with van der Waals surface area (Å²) in [4.78, 5) is 2.61. The second-order valence-electron chi connectivity index (χ2n) is 6.64. The first kappa shape index (κ1) is 20.6. The van der Waals surface area contributed by atoms with Crippen LogP contribution in [0.15, 0.2) is 29.2 Å². The van der Waals surface area contributed by atoms with Gasteiger partial charge in [0.1, 0.15) is 0 Å². The lowest BCUT2D eigenvalue weighted by atomic mass is 9.81. The van der Waals surface area contributed by atoms with Crippen molar-refractivity contribution in [2.24, 2.45) is 5.41 Å². The Morgan fingerprint density at radius 3 is 2.17 bits per heavy atom. The average Bonchev–Trinajstić information content (AvgIpc) is 2.39. The number of halogens is 4. The number of hydrogen-bond acceptors (Lipinski definition) is 3. The van der Waals surface area contributed by atoms with E-state index in [9.17, 15) is 13.2 Å². The van der Waals surface area contributed by atoms with Crippen LogP contribution in [0.1, 0.15) is 32.4 Å². The van der Waals surface area contributed by atoms with Crippen LogP contribution >= 0.6 is 24.2 Å². The molecule has 0 amide bonds. The number of hydrogen-bond donors (Lipinski definition) is 1. The molecule has 7 heteroatoms. The predicted octanol–water partition coefficient (Wildman–Crippen LogP) is 4.71. The number of thioether (sulfide) groups is 1. The SMILES string of the molecule is CC(C)(C)[C@@H](c1ccccc1SC(F)(F)F)N1CCNCC1.Cl. The Kier molecular flexibility index (Phi) is 7.26. The molecule has 1 saturated heterocycles. The van der Waals surface area contributed by atoms with E-state index in [4.69, 9.17) is 0 Å². The molecule has 0 radical (unpaired) electrons. The fourth-order valence-corrected chi connectivity index (χ4v) is 3.77. The van der Waals surface area contributed by atoms with Crippen molar-refractivity contribution < 1.29 is 13.2 Å². The molecule has 23 heavy (non-hydrogen) atoms. The second kappa shape index (κ2) is 8.10. The van der Waals surface area contributed by atoms with Crippen molar-refractivity contribution in [3.8, 4) is 0 Å². The van der Waals surface area contributed by atoms with Gasteiger partial charge in [0.2, 0.25) is 0 Å². The van der Waals surface area contributed by atoms with Gasteiger partial charge in [-0.25, -0.2) is 0 Å². The van der Waals surface area contributed by atoms with Crippen LogP contribution in [0.25, 0.3) is 0 Å². The molecule has 0 spiro atoms. The Morgan fingerprint density at radius 2 is 1.65 bits per heavy atom. The molecule has 0 saturated carbocycles. The zero-order valence-corrected chi connectivity index (χ0v) is 15.2. The average molecular weight is 369 g/mol. The van der Waals surface area contributed by atoms with Crippen molar-refractivity contribution in [1.82, 2.24) is 10.2 Å². The van der Waals surface area contributed by atoms with Gasteiger partial charge in [-0.1, -0.05) is 39.0 Å². The summed E-state index contributed by atoms with van der Waals surface area (Å²) in [7, 11) is 0. The maximum atomic E-state index is 12.9. The number of nitrogens with one attached hydrogen (secondary N) is 1. The Balaban J connectivity index is 0.00000264. The van der Waals surface area contributed by atoms with Gasteiger partial charge in [0, 0.05) is 37.1 Å². The predicted molar refractivity (Wildman–Crippen MR) is 92.2 cm³/mol. The third kappa shape index (κ3) is 5.85. The van der Waals surface area contributed by atoms with E-state index in [0.717, 1.165) is 31.7 Å². The smallest absolute Gasteiger partial charge is 0.314 e. The van der Waals surface area contributed by atoms with Crippen LogP contribution in [0.5, 0.6) is 0 Å². The number of piperazine rings is 1. The minimum atomic E-state index is -4.26. The zero-order valence-electron chi connectivity index (χ0n) is 13.6. The second-order valence-corrected chi connectivity index (χ2v) is 7.75. The highest BCUT2D eigenvalue weighted by Gasteiger charge is 2.37. The summed E-state index contributed by atoms with van der Waals surface area (Å²) in [6.45, 7) is 9.74. The normalized spacial score (nSPS) is 18.3. The highest BCUT2D eigenvalue weighted by atomic mass is 35.5. The fraction of sp³-hybridized carbons (Fsp3) is 0.625. The van der Waals surface area contributed by atoms with Crippen molar-refractivity contribution in [2.45, 2.75) is 37.2 Å². The summed E-state index contributed by atoms with van der Waals surface area (Å²) in [6, 6.07) is 6.90. The van der Waals surface area contributed by atoms with E-state index >= 15 is 0 Å². The summed E-state index contributed by atoms with van der Waals surface area (Å²) >= 11 is -0.00649. The molecule has 132 valence electrons. The van der Waals surface area contributed by atoms with Crippen LogP contribution in [0.4, 0.5) is 13.2 Å². The largest absolute Gasteiger partial charge is 0.446 e. The molecular formula is C16H24ClF3N2S. The van der Waals surface area contributed by atoms with E-state index in [1.54, 1.807) is 12.1 Å². The molecule has 2 rings (SSSR count). The van der Waals surface area contributed by atoms with Crippen LogP contribution in [0.2, 0.25) is 0 Å². The van der Waals surface area contributed by atoms with Crippen LogP contribution in [0.3, 0.4) is 0 Å². The lowest BCUT2D eigenvalue weighted by Crippen LogP contribution is -2.48. The molecule has 0 bridgehead atoms. The lowest BCUT2D eigenvalue weighted by Gasteiger charge is -2.43. The molecule has 1 aliphatic rings. The van der Waals surface area contributed by atoms with E-state index in [1.807, 2.05) is 12.1 Å². The Bertz CT molecular complexity index is 497. The van der Waals surface area contributed by atoms with Crippen molar-refractivity contribution >= 4 is 24.2 Å². The molecule has 0 unspecified atom stereocenters. The monoisotopic (exact) mass is 368 g/mol. The van der Waals surface area contributed by atoms with Gasteiger partial charge in [-0.05, 0) is 28.8 Å². The molecule has 0 aromatic heterocycles. The Morgan fingerprint density at radius 1 is 1.09 bits per heavy atom. The third-order valence-corrected chi connectivity index (χ3v) is 4.60. The third-order valence-electron chi connectivity index (χ3n) is 3.78. The van der Waals surface area contributed by atoms with Crippen LogP contribution < -0.4 is 5.32 Å². The summed E-state index contributed by atoms with van der Waals surface area (Å²) in [6.07, 6.45) is 0. The summed E-state index contributed by atoms with van der Waals surface area (Å²) in [5, 5.41) is 3.30. The van der Waals surface area contributed by atoms with Gasteiger partial charge in [0.05, 0.1) is 0 Å². The van der Waals surface area contributed by atoms with Crippen molar-refractivity contribution in [3.63, 3.8) is 0 Å². The molecule has 0 aliphatic carbocycles. The van der Waals surface area contributed by atoms with Gasteiger partial charge in [-0.3, -0.25) is 4.90 Å². The molecule has 1 heterocycles. The maximum absolute atomic E-state index is 12.9. The van der Waals surface area contributed by atoms with Crippen molar-refractivity contribution in [3.05, 3.63) is 29.8 Å². The number of nitrogens with zero attached hydrogens (tertiary/aromatic N) is 1. The Labute approximate surface area is 146 Å². The summed E-state index contributed by atoms with van der Waals surface area (Å²) < 4.78 is 38.6. The van der Waals surface area contributed by atoms with E-state index in [1.165, 1.54) is 0 Å². The van der Waals surface area contributed by atoms with Crippen LogP contribution in [0, 0.1) is 5.41 Å². The lowest BCUT2D eigenvalue weighted by molar-refractivity contribution is -0.0329. The van der Waals surface area contributed by atoms with Gasteiger partial charge in [-0.15, -0.1) is 12.4 Å². The molecule has 1 aromatic rings. The summed E-state index contributed by atoms with van der Waals surface area (Å²) in [5.41, 5.74) is -3.62. The molecular weight excluding hydrogens is 345 g/mol. The van der Waals surface area contributed by atoms with Gasteiger partial charge in [-0.2, -0.15) is 13.2 Å². The quantitative estimate of drug-likeness (QED) is 0.777. The van der Waals surface area contributed by atoms with Gasteiger partial charge in [0.25, 0.3) is 0 Å². The molecule has 1 aromatic carbocycles. The number of benzene rings is 1. The minimum absolute atomic E-state index is 0. The first-order chi connectivity index (χ1) is 10.2. The molecule has 2 nitrogen and oxygen atoms in total. The van der Waals surface area contributed by atoms with Gasteiger partial charge in [0.15, 0.2) is 0 Å². The van der Waals surface area contributed by atoms with E-state index in [0.29, 0.717) is 4.90 Å². The van der Waals surface area contributed by atoms with E-state index in [-0.39, 0.29) is 35.6 Å². The first-order valence-corrected chi connectivity index (χ1v) is 8.29. The summed E-state index contributed by atoms with van der Waals surface area (Å²) in [5.74, 6) is 0. The van der Waals surface area contributed by atoms with E-state index < -0.39 is 5.51 Å². The number of alkyl halides is 3. The minimum Gasteiger partial charge on any atom is -0.314 e. The molecule has 1 fully saturated rings. The highest BCUT2D eigenvalue weighted by Crippen LogP contribution is 2.45. The maximum Gasteiger partial charge on any atom is 0.446 e. The standard InChI is InChI=1S/C16H23F3N2S.ClH/c1-15(2,3)14(21-10-8-20-9-11-21)12-6-4-5-7-13(12)22-16(17,18)19;/h4-7,14,20H,8-11H2,1-3H3;1H/t14-;/m1./s1. The van der Waals surface area contributed by atoms with E-state index in [2.05, 4.69) is 31.0 Å². The molecule has 1 N–H and O–H groups in total. The topological polar surface area (TPSA) is 15.3 Å². The molecule has 1 atom stereocenters. The van der Waals surface area contributed by atoms with Gasteiger partial charge >= 0.3 is 5.51 Å². The van der Waals surface area contributed by atoms with Crippen LogP contribution in [-0.2, 0) is 0 Å². The Hall–Kier alpha value is -0.430. The highest BCUT2D eigenvalue weighted by molar-refractivity contribution is 8.00. The zero-order chi connectivity index (χ0) is 16.4.